The molecule has 0 spiro atoms. The van der Waals surface area contributed by atoms with Gasteiger partial charge in [-0.15, -0.1) is 0 Å². The number of hydrogen-bond acceptors (Lipinski definition) is 4. The molecule has 0 aromatic heterocycles. The van der Waals surface area contributed by atoms with E-state index in [0.29, 0.717) is 11.6 Å². The lowest BCUT2D eigenvalue weighted by molar-refractivity contribution is 0.399. The third kappa shape index (κ3) is 3.71. The Labute approximate surface area is 121 Å². The molecule has 2 rings (SSSR count). The van der Waals surface area contributed by atoms with Crippen molar-refractivity contribution in [2.75, 3.05) is 5.43 Å². The summed E-state index contributed by atoms with van der Waals surface area (Å²) in [4.78, 5) is 0.285. The van der Waals surface area contributed by atoms with E-state index in [2.05, 4.69) is 17.1 Å². The molecule has 0 saturated heterocycles. The molecule has 0 amide bonds. The topological polar surface area (TPSA) is 84.2 Å². The van der Waals surface area contributed by atoms with Gasteiger partial charge in [0.1, 0.15) is 0 Å². The summed E-state index contributed by atoms with van der Waals surface area (Å²) in [5, 5.41) is 0. The zero-order valence-electron chi connectivity index (χ0n) is 11.8. The van der Waals surface area contributed by atoms with E-state index in [1.165, 1.54) is 12.8 Å². The fourth-order valence-corrected chi connectivity index (χ4v) is 4.04. The van der Waals surface area contributed by atoms with Crippen LogP contribution in [0.15, 0.2) is 29.2 Å². The summed E-state index contributed by atoms with van der Waals surface area (Å²) in [6, 6.07) is 6.49. The highest BCUT2D eigenvalue weighted by Crippen LogP contribution is 2.24. The van der Waals surface area contributed by atoms with Crippen molar-refractivity contribution >= 4 is 15.7 Å². The Bertz CT molecular complexity index is 528. The van der Waals surface area contributed by atoms with Crippen LogP contribution in [-0.2, 0) is 10.0 Å². The average molecular weight is 297 g/mol. The normalized spacial score (nSPS) is 24.1. The highest BCUT2D eigenvalue weighted by molar-refractivity contribution is 7.89. The molecule has 20 heavy (non-hydrogen) atoms. The highest BCUT2D eigenvalue weighted by Gasteiger charge is 2.25. The van der Waals surface area contributed by atoms with Crippen LogP contribution in [0.1, 0.15) is 39.0 Å². The maximum absolute atomic E-state index is 12.4. The van der Waals surface area contributed by atoms with Crippen molar-refractivity contribution in [1.82, 2.24) is 4.72 Å². The fraction of sp³-hybridized carbons (Fsp3) is 0.571. The number of benzene rings is 1. The van der Waals surface area contributed by atoms with Gasteiger partial charge in [-0.2, -0.15) is 0 Å². The van der Waals surface area contributed by atoms with Crippen LogP contribution in [0.4, 0.5) is 5.69 Å². The molecule has 1 aromatic carbocycles. The fourth-order valence-electron chi connectivity index (χ4n) is 2.67. The molecule has 2 unspecified atom stereocenters. The Morgan fingerprint density at radius 2 is 1.75 bits per heavy atom. The largest absolute Gasteiger partial charge is 0.324 e. The summed E-state index contributed by atoms with van der Waals surface area (Å²) < 4.78 is 27.6. The van der Waals surface area contributed by atoms with Gasteiger partial charge in [0, 0.05) is 11.7 Å². The van der Waals surface area contributed by atoms with Gasteiger partial charge in [-0.3, -0.25) is 5.84 Å². The second-order valence-corrected chi connectivity index (χ2v) is 7.23. The number of nitrogens with two attached hydrogens (primary N) is 1. The summed E-state index contributed by atoms with van der Waals surface area (Å²) >= 11 is 0. The minimum Gasteiger partial charge on any atom is -0.324 e. The van der Waals surface area contributed by atoms with Crippen molar-refractivity contribution in [2.45, 2.75) is 50.0 Å². The van der Waals surface area contributed by atoms with Gasteiger partial charge in [-0.05, 0) is 43.0 Å². The number of anilines is 1. The lowest BCUT2D eigenvalue weighted by Gasteiger charge is -2.22. The second kappa shape index (κ2) is 6.56. The molecule has 1 aromatic rings. The lowest BCUT2D eigenvalue weighted by Crippen LogP contribution is -2.38. The first kappa shape index (κ1) is 15.3. The van der Waals surface area contributed by atoms with Crippen LogP contribution in [0.5, 0.6) is 0 Å². The quantitative estimate of drug-likeness (QED) is 0.452. The Morgan fingerprint density at radius 1 is 1.10 bits per heavy atom. The molecule has 0 heterocycles. The van der Waals surface area contributed by atoms with Crippen LogP contribution in [0.3, 0.4) is 0 Å². The third-order valence-corrected chi connectivity index (χ3v) is 5.51. The van der Waals surface area contributed by atoms with Gasteiger partial charge in [0.2, 0.25) is 10.0 Å². The van der Waals surface area contributed by atoms with Crippen molar-refractivity contribution in [2.24, 2.45) is 11.8 Å². The van der Waals surface area contributed by atoms with E-state index in [1.54, 1.807) is 24.3 Å². The maximum Gasteiger partial charge on any atom is 0.240 e. The Kier molecular flexibility index (Phi) is 5.01. The third-order valence-electron chi connectivity index (χ3n) is 4.00. The molecule has 0 aliphatic heterocycles. The van der Waals surface area contributed by atoms with Gasteiger partial charge in [-0.25, -0.2) is 13.1 Å². The standard InChI is InChI=1S/C14H23N3O2S/c1-11-5-3-2-4-6-14(11)17-20(18,19)13-9-7-12(16-15)8-10-13/h7-11,14,16-17H,2-6,15H2,1H3. The number of hydrogen-bond donors (Lipinski definition) is 3. The summed E-state index contributed by atoms with van der Waals surface area (Å²) in [6.07, 6.45) is 5.48. The summed E-state index contributed by atoms with van der Waals surface area (Å²) in [6.45, 7) is 2.12. The first-order valence-electron chi connectivity index (χ1n) is 7.12. The SMILES string of the molecule is CC1CCCCCC1NS(=O)(=O)c1ccc(NN)cc1. The van der Waals surface area contributed by atoms with Crippen LogP contribution in [0.2, 0.25) is 0 Å². The highest BCUT2D eigenvalue weighted by atomic mass is 32.2. The summed E-state index contributed by atoms with van der Waals surface area (Å²) in [7, 11) is -3.45. The first-order chi connectivity index (χ1) is 9.53. The molecule has 1 saturated carbocycles. The molecular formula is C14H23N3O2S. The molecule has 1 fully saturated rings. The lowest BCUT2D eigenvalue weighted by atomic mass is 9.98. The molecule has 6 heteroatoms. The van der Waals surface area contributed by atoms with Gasteiger partial charge in [0.25, 0.3) is 0 Å². The molecule has 2 atom stereocenters. The molecule has 112 valence electrons. The van der Waals surface area contributed by atoms with Crippen molar-refractivity contribution in [3.8, 4) is 0 Å². The average Bonchev–Trinajstić information content (AvgIpc) is 2.64. The number of rotatable bonds is 4. The molecular weight excluding hydrogens is 274 g/mol. The zero-order valence-corrected chi connectivity index (χ0v) is 12.6. The number of nitrogen functional groups attached to an aromatic ring is 1. The van der Waals surface area contributed by atoms with Crippen molar-refractivity contribution < 1.29 is 8.42 Å². The Morgan fingerprint density at radius 3 is 2.40 bits per heavy atom. The van der Waals surface area contributed by atoms with Crippen molar-refractivity contribution in [1.29, 1.82) is 0 Å². The summed E-state index contributed by atoms with van der Waals surface area (Å²) in [5.74, 6) is 5.67. The van der Waals surface area contributed by atoms with E-state index in [0.717, 1.165) is 19.3 Å². The Hall–Kier alpha value is -1.11. The predicted octanol–water partition coefficient (Wildman–Crippen LogP) is 2.22. The van der Waals surface area contributed by atoms with Crippen LogP contribution in [0, 0.1) is 5.92 Å². The van der Waals surface area contributed by atoms with Gasteiger partial charge < -0.3 is 5.43 Å². The molecule has 5 nitrogen and oxygen atoms in total. The van der Waals surface area contributed by atoms with E-state index in [-0.39, 0.29) is 10.9 Å². The molecule has 0 bridgehead atoms. The molecule has 1 aliphatic rings. The maximum atomic E-state index is 12.4. The van der Waals surface area contributed by atoms with E-state index in [1.807, 2.05) is 0 Å². The number of sulfonamides is 1. The van der Waals surface area contributed by atoms with Crippen LogP contribution in [0.25, 0.3) is 0 Å². The van der Waals surface area contributed by atoms with E-state index >= 15 is 0 Å². The van der Waals surface area contributed by atoms with Crippen LogP contribution in [-0.4, -0.2) is 14.5 Å². The molecule has 0 radical (unpaired) electrons. The molecule has 4 N–H and O–H groups in total. The van der Waals surface area contributed by atoms with Gasteiger partial charge in [0.05, 0.1) is 4.90 Å². The molecule has 1 aliphatic carbocycles. The van der Waals surface area contributed by atoms with E-state index in [9.17, 15) is 8.42 Å². The van der Waals surface area contributed by atoms with E-state index in [4.69, 9.17) is 5.84 Å². The van der Waals surface area contributed by atoms with Gasteiger partial charge in [0.15, 0.2) is 0 Å². The Balaban J connectivity index is 2.12. The second-order valence-electron chi connectivity index (χ2n) is 5.51. The minimum atomic E-state index is -3.45. The van der Waals surface area contributed by atoms with Crippen LogP contribution >= 0.6 is 0 Å². The predicted molar refractivity (Wildman–Crippen MR) is 80.6 cm³/mol. The summed E-state index contributed by atoms with van der Waals surface area (Å²) in [5.41, 5.74) is 3.17. The van der Waals surface area contributed by atoms with Gasteiger partial charge >= 0.3 is 0 Å². The van der Waals surface area contributed by atoms with Gasteiger partial charge in [-0.1, -0.05) is 26.2 Å². The monoisotopic (exact) mass is 297 g/mol. The van der Waals surface area contributed by atoms with Crippen molar-refractivity contribution in [3.63, 3.8) is 0 Å². The van der Waals surface area contributed by atoms with E-state index < -0.39 is 10.0 Å². The van der Waals surface area contributed by atoms with Crippen molar-refractivity contribution in [3.05, 3.63) is 24.3 Å². The number of nitrogens with one attached hydrogen (secondary N) is 2. The zero-order chi connectivity index (χ0) is 14.6. The minimum absolute atomic E-state index is 0.0369. The smallest absolute Gasteiger partial charge is 0.240 e. The first-order valence-corrected chi connectivity index (χ1v) is 8.60. The van der Waals surface area contributed by atoms with Crippen LogP contribution < -0.4 is 16.0 Å². The number of hydrazine groups is 1.